The highest BCUT2D eigenvalue weighted by Crippen LogP contribution is 2.28. The molecule has 0 amide bonds. The van der Waals surface area contributed by atoms with Crippen LogP contribution < -0.4 is 10.1 Å². The minimum Gasteiger partial charge on any atom is -0.481 e. The van der Waals surface area contributed by atoms with Crippen molar-refractivity contribution in [2.75, 3.05) is 13.7 Å². The smallest absolute Gasteiger partial charge is 0.217 e. The molecule has 1 aromatic rings. The molecular formula is C11H19N3O2. The van der Waals surface area contributed by atoms with Crippen molar-refractivity contribution in [3.8, 4) is 5.88 Å². The maximum absolute atomic E-state index is 10.1. The molecule has 5 nitrogen and oxygen atoms in total. The molecule has 16 heavy (non-hydrogen) atoms. The summed E-state index contributed by atoms with van der Waals surface area (Å²) in [6, 6.07) is 0.595. The van der Waals surface area contributed by atoms with E-state index in [2.05, 4.69) is 10.4 Å². The van der Waals surface area contributed by atoms with Crippen LogP contribution in [0.5, 0.6) is 5.88 Å². The molecule has 0 aromatic carbocycles. The van der Waals surface area contributed by atoms with Gasteiger partial charge in [0.15, 0.2) is 0 Å². The normalized spacial score (nSPS) is 17.5. The van der Waals surface area contributed by atoms with Crippen LogP contribution in [-0.2, 0) is 7.05 Å². The van der Waals surface area contributed by atoms with E-state index >= 15 is 0 Å². The summed E-state index contributed by atoms with van der Waals surface area (Å²) in [5.74, 6) is 0.641. The predicted molar refractivity (Wildman–Crippen MR) is 60.5 cm³/mol. The Hall–Kier alpha value is -1.07. The lowest BCUT2D eigenvalue weighted by atomic mass is 10.1. The lowest BCUT2D eigenvalue weighted by Crippen LogP contribution is -2.23. The molecule has 1 unspecified atom stereocenters. The Balaban J connectivity index is 2.10. The van der Waals surface area contributed by atoms with E-state index in [1.54, 1.807) is 11.8 Å². The summed E-state index contributed by atoms with van der Waals surface area (Å²) in [5, 5.41) is 17.7. The first kappa shape index (κ1) is 11.4. The molecule has 5 heteroatoms. The first-order chi connectivity index (χ1) is 7.63. The van der Waals surface area contributed by atoms with Crippen LogP contribution in [0, 0.1) is 6.92 Å². The number of hydrogen-bond donors (Lipinski definition) is 2. The van der Waals surface area contributed by atoms with Crippen LogP contribution in [0.3, 0.4) is 0 Å². The van der Waals surface area contributed by atoms with E-state index < -0.39 is 6.10 Å². The van der Waals surface area contributed by atoms with E-state index in [1.165, 1.54) is 12.8 Å². The number of nitrogens with one attached hydrogen (secondary N) is 1. The highest BCUT2D eigenvalue weighted by atomic mass is 16.5. The minimum absolute atomic E-state index is 0.552. The first-order valence-corrected chi connectivity index (χ1v) is 5.62. The van der Waals surface area contributed by atoms with Crippen molar-refractivity contribution in [3.63, 3.8) is 0 Å². The summed E-state index contributed by atoms with van der Waals surface area (Å²) in [5.41, 5.74) is 1.61. The molecule has 1 aromatic heterocycles. The predicted octanol–water partition coefficient (Wildman–Crippen LogP) is 0.523. The van der Waals surface area contributed by atoms with E-state index in [1.807, 2.05) is 14.0 Å². The van der Waals surface area contributed by atoms with Gasteiger partial charge in [-0.2, -0.15) is 5.10 Å². The summed E-state index contributed by atoms with van der Waals surface area (Å²) < 4.78 is 6.91. The van der Waals surface area contributed by atoms with E-state index in [4.69, 9.17) is 4.74 Å². The van der Waals surface area contributed by atoms with Crippen LogP contribution in [0.1, 0.15) is 30.2 Å². The molecule has 0 aliphatic heterocycles. The second kappa shape index (κ2) is 4.43. The van der Waals surface area contributed by atoms with Gasteiger partial charge in [0.05, 0.1) is 24.5 Å². The van der Waals surface area contributed by atoms with Crippen molar-refractivity contribution in [2.24, 2.45) is 7.05 Å². The van der Waals surface area contributed by atoms with Crippen molar-refractivity contribution in [1.29, 1.82) is 0 Å². The van der Waals surface area contributed by atoms with Crippen LogP contribution in [0.15, 0.2) is 0 Å². The zero-order valence-electron chi connectivity index (χ0n) is 10.0. The molecule has 0 saturated heterocycles. The van der Waals surface area contributed by atoms with E-state index in [0.717, 1.165) is 11.3 Å². The Morgan fingerprint density at radius 1 is 1.62 bits per heavy atom. The van der Waals surface area contributed by atoms with Crippen molar-refractivity contribution in [1.82, 2.24) is 15.1 Å². The number of rotatable bonds is 5. The molecule has 1 saturated carbocycles. The van der Waals surface area contributed by atoms with E-state index in [9.17, 15) is 5.11 Å². The van der Waals surface area contributed by atoms with Gasteiger partial charge in [0, 0.05) is 19.6 Å². The molecule has 0 bridgehead atoms. The maximum atomic E-state index is 10.1. The number of aliphatic hydroxyl groups is 1. The first-order valence-electron chi connectivity index (χ1n) is 5.62. The van der Waals surface area contributed by atoms with Crippen LogP contribution in [0.2, 0.25) is 0 Å². The fourth-order valence-corrected chi connectivity index (χ4v) is 1.95. The summed E-state index contributed by atoms with van der Waals surface area (Å²) >= 11 is 0. The second-order valence-electron chi connectivity index (χ2n) is 4.33. The van der Waals surface area contributed by atoms with Crippen molar-refractivity contribution in [2.45, 2.75) is 31.9 Å². The third kappa shape index (κ3) is 2.20. The van der Waals surface area contributed by atoms with Gasteiger partial charge in [0.2, 0.25) is 5.88 Å². The van der Waals surface area contributed by atoms with Crippen molar-refractivity contribution in [3.05, 3.63) is 11.3 Å². The SMILES string of the molecule is COc1c(C(O)CNC2CC2)c(C)nn1C. The van der Waals surface area contributed by atoms with Crippen molar-refractivity contribution >= 4 is 0 Å². The van der Waals surface area contributed by atoms with E-state index in [0.29, 0.717) is 18.5 Å². The highest BCUT2D eigenvalue weighted by Gasteiger charge is 2.25. The summed E-state index contributed by atoms with van der Waals surface area (Å²) in [6.07, 6.45) is 1.88. The lowest BCUT2D eigenvalue weighted by Gasteiger charge is -2.12. The molecule has 1 heterocycles. The topological polar surface area (TPSA) is 59.3 Å². The van der Waals surface area contributed by atoms with Crippen molar-refractivity contribution < 1.29 is 9.84 Å². The van der Waals surface area contributed by atoms with Gasteiger partial charge >= 0.3 is 0 Å². The Kier molecular flexibility index (Phi) is 3.16. The zero-order chi connectivity index (χ0) is 11.7. The molecule has 2 N–H and O–H groups in total. The van der Waals surface area contributed by atoms with Gasteiger partial charge in [0.25, 0.3) is 0 Å². The third-order valence-electron chi connectivity index (χ3n) is 2.92. The molecule has 2 rings (SSSR count). The Morgan fingerprint density at radius 2 is 2.31 bits per heavy atom. The molecule has 0 radical (unpaired) electrons. The third-order valence-corrected chi connectivity index (χ3v) is 2.92. The molecule has 1 atom stereocenters. The largest absolute Gasteiger partial charge is 0.481 e. The van der Waals surface area contributed by atoms with Gasteiger partial charge in [0.1, 0.15) is 0 Å². The summed E-state index contributed by atoms with van der Waals surface area (Å²) in [4.78, 5) is 0. The number of aryl methyl sites for hydroxylation is 2. The minimum atomic E-state index is -0.552. The molecule has 1 aliphatic rings. The van der Waals surface area contributed by atoms with Crippen LogP contribution >= 0.6 is 0 Å². The van der Waals surface area contributed by atoms with Crippen LogP contribution in [0.4, 0.5) is 0 Å². The molecule has 1 aliphatic carbocycles. The number of nitrogens with zero attached hydrogens (tertiary/aromatic N) is 2. The Bertz CT molecular complexity index is 372. The number of hydrogen-bond acceptors (Lipinski definition) is 4. The number of ether oxygens (including phenoxy) is 1. The lowest BCUT2D eigenvalue weighted by molar-refractivity contribution is 0.168. The van der Waals surface area contributed by atoms with Gasteiger partial charge < -0.3 is 15.2 Å². The average Bonchev–Trinajstić information content (AvgIpc) is 3.01. The van der Waals surface area contributed by atoms with Gasteiger partial charge in [-0.3, -0.25) is 0 Å². The monoisotopic (exact) mass is 225 g/mol. The zero-order valence-corrected chi connectivity index (χ0v) is 10.0. The fraction of sp³-hybridized carbons (Fsp3) is 0.727. The van der Waals surface area contributed by atoms with Gasteiger partial charge in [-0.1, -0.05) is 0 Å². The van der Waals surface area contributed by atoms with Gasteiger partial charge in [-0.15, -0.1) is 0 Å². The fourth-order valence-electron chi connectivity index (χ4n) is 1.95. The van der Waals surface area contributed by atoms with Crippen LogP contribution in [0.25, 0.3) is 0 Å². The maximum Gasteiger partial charge on any atom is 0.217 e. The van der Waals surface area contributed by atoms with Gasteiger partial charge in [-0.25, -0.2) is 4.68 Å². The number of aromatic nitrogens is 2. The standard InChI is InChI=1S/C11H19N3O2/c1-7-10(11(16-3)14(2)13-7)9(15)6-12-8-4-5-8/h8-9,12,15H,4-6H2,1-3H3. The van der Waals surface area contributed by atoms with E-state index in [-0.39, 0.29) is 0 Å². The number of methoxy groups -OCH3 is 1. The second-order valence-corrected chi connectivity index (χ2v) is 4.33. The summed E-state index contributed by atoms with van der Waals surface area (Å²) in [6.45, 7) is 2.45. The molecule has 0 spiro atoms. The highest BCUT2D eigenvalue weighted by molar-refractivity contribution is 5.33. The van der Waals surface area contributed by atoms with Crippen LogP contribution in [-0.4, -0.2) is 34.6 Å². The average molecular weight is 225 g/mol. The number of aliphatic hydroxyl groups excluding tert-OH is 1. The molecule has 90 valence electrons. The summed E-state index contributed by atoms with van der Waals surface area (Å²) in [7, 11) is 3.41. The quantitative estimate of drug-likeness (QED) is 0.767. The van der Waals surface area contributed by atoms with Gasteiger partial charge in [-0.05, 0) is 19.8 Å². The molecular weight excluding hydrogens is 206 g/mol. The molecule has 1 fully saturated rings. The Morgan fingerprint density at radius 3 is 2.88 bits per heavy atom. The Labute approximate surface area is 95.4 Å².